The Morgan fingerprint density at radius 2 is 2.21 bits per heavy atom. The summed E-state index contributed by atoms with van der Waals surface area (Å²) >= 11 is 5.96. The standard InChI is InChI=1S/C17H22ClN3O3/c18-13-1-2-15-12(9-19-16(15)8-13)7-17(23)20-10-14(22)11-21-3-5-24-6-4-21/h1-2,8-9,14,19,22H,3-7,10-11H2,(H,20,23). The number of carbonyl (C=O) groups excluding carboxylic acids is 1. The minimum absolute atomic E-state index is 0.105. The Kier molecular flexibility index (Phi) is 5.73. The van der Waals surface area contributed by atoms with Crippen LogP contribution >= 0.6 is 11.6 Å². The van der Waals surface area contributed by atoms with Gasteiger partial charge in [-0.05, 0) is 17.7 Å². The molecule has 1 fully saturated rings. The number of morpholine rings is 1. The van der Waals surface area contributed by atoms with Gasteiger partial charge in [-0.3, -0.25) is 9.69 Å². The maximum atomic E-state index is 12.1. The number of ether oxygens (including phenoxy) is 1. The van der Waals surface area contributed by atoms with Gasteiger partial charge in [0.05, 0.1) is 25.7 Å². The van der Waals surface area contributed by atoms with Gasteiger partial charge in [0.2, 0.25) is 5.91 Å². The van der Waals surface area contributed by atoms with E-state index in [1.165, 1.54) is 0 Å². The van der Waals surface area contributed by atoms with Gasteiger partial charge in [-0.2, -0.15) is 0 Å². The molecular weight excluding hydrogens is 330 g/mol. The molecule has 130 valence electrons. The first-order valence-electron chi connectivity index (χ1n) is 8.12. The zero-order chi connectivity index (χ0) is 16.9. The van der Waals surface area contributed by atoms with Crippen LogP contribution in [0.25, 0.3) is 10.9 Å². The minimum atomic E-state index is -0.575. The van der Waals surface area contributed by atoms with Crippen LogP contribution in [0.15, 0.2) is 24.4 Å². The van der Waals surface area contributed by atoms with E-state index >= 15 is 0 Å². The van der Waals surface area contributed by atoms with Gasteiger partial charge in [0.15, 0.2) is 0 Å². The third-order valence-corrected chi connectivity index (χ3v) is 4.42. The van der Waals surface area contributed by atoms with Gasteiger partial charge < -0.3 is 20.1 Å². The fraction of sp³-hybridized carbons (Fsp3) is 0.471. The number of nitrogens with one attached hydrogen (secondary N) is 2. The van der Waals surface area contributed by atoms with Crippen molar-refractivity contribution in [3.8, 4) is 0 Å². The fourth-order valence-electron chi connectivity index (χ4n) is 2.92. The molecule has 6 nitrogen and oxygen atoms in total. The summed E-state index contributed by atoms with van der Waals surface area (Å²) < 4.78 is 5.28. The van der Waals surface area contributed by atoms with E-state index in [9.17, 15) is 9.90 Å². The predicted octanol–water partition coefficient (Wildman–Crippen LogP) is 1.17. The molecule has 1 unspecified atom stereocenters. The van der Waals surface area contributed by atoms with Crippen LogP contribution in [0.3, 0.4) is 0 Å². The average molecular weight is 352 g/mol. The highest BCUT2D eigenvalue weighted by Gasteiger charge is 2.16. The number of rotatable bonds is 6. The number of halogens is 1. The molecule has 0 radical (unpaired) electrons. The number of H-pyrrole nitrogens is 1. The summed E-state index contributed by atoms with van der Waals surface area (Å²) in [6, 6.07) is 5.56. The molecule has 1 amide bonds. The molecule has 0 spiro atoms. The van der Waals surface area contributed by atoms with E-state index in [4.69, 9.17) is 16.3 Å². The third kappa shape index (κ3) is 4.48. The van der Waals surface area contributed by atoms with Gasteiger partial charge in [-0.1, -0.05) is 17.7 Å². The number of fused-ring (bicyclic) bond motifs is 1. The van der Waals surface area contributed by atoms with Crippen molar-refractivity contribution >= 4 is 28.4 Å². The van der Waals surface area contributed by atoms with Crippen LogP contribution in [0.1, 0.15) is 5.56 Å². The highest BCUT2D eigenvalue weighted by atomic mass is 35.5. The first kappa shape index (κ1) is 17.2. The average Bonchev–Trinajstić information content (AvgIpc) is 2.96. The molecular formula is C17H22ClN3O3. The largest absolute Gasteiger partial charge is 0.390 e. The Morgan fingerprint density at radius 3 is 3.00 bits per heavy atom. The number of aliphatic hydroxyl groups is 1. The second-order valence-corrected chi connectivity index (χ2v) is 6.49. The Labute approximate surface area is 145 Å². The molecule has 3 rings (SSSR count). The van der Waals surface area contributed by atoms with E-state index in [0.29, 0.717) is 24.8 Å². The van der Waals surface area contributed by atoms with Crippen molar-refractivity contribution in [3.05, 3.63) is 35.0 Å². The highest BCUT2D eigenvalue weighted by molar-refractivity contribution is 6.31. The maximum absolute atomic E-state index is 12.1. The molecule has 24 heavy (non-hydrogen) atoms. The van der Waals surface area contributed by atoms with Crippen LogP contribution < -0.4 is 5.32 Å². The molecule has 1 atom stereocenters. The fourth-order valence-corrected chi connectivity index (χ4v) is 3.09. The Hall–Kier alpha value is -1.60. The van der Waals surface area contributed by atoms with E-state index in [2.05, 4.69) is 15.2 Å². The zero-order valence-electron chi connectivity index (χ0n) is 13.4. The second kappa shape index (κ2) is 7.98. The number of aromatic nitrogens is 1. The van der Waals surface area contributed by atoms with Gasteiger partial charge in [-0.15, -0.1) is 0 Å². The highest BCUT2D eigenvalue weighted by Crippen LogP contribution is 2.22. The Bertz CT molecular complexity index is 697. The molecule has 1 saturated heterocycles. The smallest absolute Gasteiger partial charge is 0.224 e. The quantitative estimate of drug-likeness (QED) is 0.730. The minimum Gasteiger partial charge on any atom is -0.390 e. The van der Waals surface area contributed by atoms with Crippen LogP contribution in [0, 0.1) is 0 Å². The number of hydrogen-bond acceptors (Lipinski definition) is 4. The Morgan fingerprint density at radius 1 is 1.42 bits per heavy atom. The number of carbonyl (C=O) groups is 1. The number of benzene rings is 1. The van der Waals surface area contributed by atoms with E-state index in [-0.39, 0.29) is 18.9 Å². The van der Waals surface area contributed by atoms with Gasteiger partial charge >= 0.3 is 0 Å². The summed E-state index contributed by atoms with van der Waals surface area (Å²) in [6.45, 7) is 3.85. The molecule has 1 aliphatic rings. The molecule has 7 heteroatoms. The summed E-state index contributed by atoms with van der Waals surface area (Å²) in [5.41, 5.74) is 1.83. The van der Waals surface area contributed by atoms with Crippen molar-refractivity contribution in [2.24, 2.45) is 0 Å². The lowest BCUT2D eigenvalue weighted by Crippen LogP contribution is -2.44. The van der Waals surface area contributed by atoms with Crippen LogP contribution in [0.2, 0.25) is 5.02 Å². The van der Waals surface area contributed by atoms with Crippen LogP contribution in [-0.2, 0) is 16.0 Å². The number of aliphatic hydroxyl groups excluding tert-OH is 1. The number of amides is 1. The van der Waals surface area contributed by atoms with E-state index in [0.717, 1.165) is 29.6 Å². The van der Waals surface area contributed by atoms with Gasteiger partial charge in [0.25, 0.3) is 0 Å². The van der Waals surface area contributed by atoms with Gasteiger partial charge in [-0.25, -0.2) is 0 Å². The first-order valence-corrected chi connectivity index (χ1v) is 8.50. The van der Waals surface area contributed by atoms with Crippen molar-refractivity contribution in [2.45, 2.75) is 12.5 Å². The molecule has 3 N–H and O–H groups in total. The van der Waals surface area contributed by atoms with Crippen LogP contribution in [0.5, 0.6) is 0 Å². The number of β-amino-alcohol motifs (C(OH)–C–C–N with tert-alkyl or cyclic N) is 1. The molecule has 2 aromatic rings. The molecule has 1 aromatic heterocycles. The number of nitrogens with zero attached hydrogens (tertiary/aromatic N) is 1. The van der Waals surface area contributed by atoms with E-state index < -0.39 is 6.10 Å². The van der Waals surface area contributed by atoms with E-state index in [1.807, 2.05) is 24.4 Å². The predicted molar refractivity (Wildman–Crippen MR) is 93.3 cm³/mol. The summed E-state index contributed by atoms with van der Waals surface area (Å²) in [5, 5.41) is 14.5. The summed E-state index contributed by atoms with van der Waals surface area (Å²) in [4.78, 5) is 17.4. The van der Waals surface area contributed by atoms with Crippen molar-refractivity contribution < 1.29 is 14.6 Å². The topological polar surface area (TPSA) is 77.6 Å². The second-order valence-electron chi connectivity index (χ2n) is 6.05. The zero-order valence-corrected chi connectivity index (χ0v) is 14.2. The van der Waals surface area contributed by atoms with Crippen molar-refractivity contribution in [1.82, 2.24) is 15.2 Å². The van der Waals surface area contributed by atoms with Gasteiger partial charge in [0, 0.05) is 48.3 Å². The third-order valence-electron chi connectivity index (χ3n) is 4.19. The van der Waals surface area contributed by atoms with Crippen molar-refractivity contribution in [1.29, 1.82) is 0 Å². The molecule has 0 bridgehead atoms. The summed E-state index contributed by atoms with van der Waals surface area (Å²) in [7, 11) is 0. The first-order chi connectivity index (χ1) is 11.6. The number of hydrogen-bond donors (Lipinski definition) is 3. The monoisotopic (exact) mass is 351 g/mol. The van der Waals surface area contributed by atoms with Crippen molar-refractivity contribution in [2.75, 3.05) is 39.4 Å². The van der Waals surface area contributed by atoms with Gasteiger partial charge in [0.1, 0.15) is 0 Å². The normalized spacial score (nSPS) is 17.1. The molecule has 2 heterocycles. The maximum Gasteiger partial charge on any atom is 0.224 e. The number of aromatic amines is 1. The molecule has 0 aliphatic carbocycles. The SMILES string of the molecule is O=C(Cc1c[nH]c2cc(Cl)ccc12)NCC(O)CN1CCOCC1. The summed E-state index contributed by atoms with van der Waals surface area (Å²) in [5.74, 6) is -0.105. The molecule has 0 saturated carbocycles. The van der Waals surface area contributed by atoms with Crippen LogP contribution in [-0.4, -0.2) is 66.4 Å². The lowest BCUT2D eigenvalue weighted by atomic mass is 10.1. The molecule has 1 aliphatic heterocycles. The van der Waals surface area contributed by atoms with E-state index in [1.54, 1.807) is 0 Å². The Balaban J connectivity index is 1.48. The summed E-state index contributed by atoms with van der Waals surface area (Å²) in [6.07, 6.45) is 1.52. The lowest BCUT2D eigenvalue weighted by Gasteiger charge is -2.28. The van der Waals surface area contributed by atoms with Crippen molar-refractivity contribution in [3.63, 3.8) is 0 Å². The molecule has 1 aromatic carbocycles. The van der Waals surface area contributed by atoms with Crippen LogP contribution in [0.4, 0.5) is 0 Å². The lowest BCUT2D eigenvalue weighted by molar-refractivity contribution is -0.121.